The maximum absolute atomic E-state index is 13.3. The first-order valence-electron chi connectivity index (χ1n) is 3.91. The van der Waals surface area contributed by atoms with Gasteiger partial charge in [-0.15, -0.1) is 0 Å². The third-order valence-electron chi connectivity index (χ3n) is 2.77. The number of hydrogen-bond acceptors (Lipinski definition) is 0. The van der Waals surface area contributed by atoms with E-state index in [9.17, 15) is 8.78 Å². The van der Waals surface area contributed by atoms with Crippen LogP contribution in [0.5, 0.6) is 0 Å². The van der Waals surface area contributed by atoms with E-state index < -0.39 is 11.8 Å². The van der Waals surface area contributed by atoms with Crippen molar-refractivity contribution >= 4 is 0 Å². The summed E-state index contributed by atoms with van der Waals surface area (Å²) < 4.78 is 25.9. The van der Waals surface area contributed by atoms with Gasteiger partial charge in [0.1, 0.15) is 11.8 Å². The first-order chi connectivity index (χ1) is 4.72. The lowest BCUT2D eigenvalue weighted by Gasteiger charge is -2.46. The monoisotopic (exact) mass is 145 g/mol. The molecule has 2 saturated carbocycles. The van der Waals surface area contributed by atoms with E-state index >= 15 is 0 Å². The van der Waals surface area contributed by atoms with Crippen molar-refractivity contribution in [1.82, 2.24) is 0 Å². The van der Waals surface area contributed by atoms with Crippen LogP contribution in [-0.2, 0) is 0 Å². The SMILES string of the molecule is FC1CC[C]1C1(F)CCC1. The lowest BCUT2D eigenvalue weighted by atomic mass is 9.63. The van der Waals surface area contributed by atoms with Crippen molar-refractivity contribution in [3.05, 3.63) is 5.92 Å². The van der Waals surface area contributed by atoms with Gasteiger partial charge in [0.15, 0.2) is 0 Å². The molecule has 2 heteroatoms. The molecule has 2 aliphatic carbocycles. The van der Waals surface area contributed by atoms with E-state index in [2.05, 4.69) is 0 Å². The minimum absolute atomic E-state index is 0.554. The summed E-state index contributed by atoms with van der Waals surface area (Å²) in [5, 5.41) is 0. The molecule has 0 aromatic rings. The molecule has 1 atom stereocenters. The average molecular weight is 145 g/mol. The quantitative estimate of drug-likeness (QED) is 0.532. The van der Waals surface area contributed by atoms with Crippen molar-refractivity contribution in [2.45, 2.75) is 43.9 Å². The summed E-state index contributed by atoms with van der Waals surface area (Å²) in [6, 6.07) is 0. The molecule has 1 radical (unpaired) electrons. The second kappa shape index (κ2) is 1.93. The largest absolute Gasteiger partial charge is 0.247 e. The zero-order chi connectivity index (χ0) is 7.19. The van der Waals surface area contributed by atoms with Crippen LogP contribution in [0.2, 0.25) is 0 Å². The maximum Gasteiger partial charge on any atom is 0.120 e. The molecule has 2 rings (SSSR count). The van der Waals surface area contributed by atoms with Crippen LogP contribution in [0.3, 0.4) is 0 Å². The van der Waals surface area contributed by atoms with Crippen LogP contribution in [0.1, 0.15) is 32.1 Å². The van der Waals surface area contributed by atoms with E-state index in [-0.39, 0.29) is 0 Å². The van der Waals surface area contributed by atoms with E-state index in [4.69, 9.17) is 0 Å². The van der Waals surface area contributed by atoms with Crippen LogP contribution in [0.4, 0.5) is 8.78 Å². The number of hydrogen-bond donors (Lipinski definition) is 0. The third kappa shape index (κ3) is 0.708. The first kappa shape index (κ1) is 6.56. The smallest absolute Gasteiger partial charge is 0.120 e. The molecule has 0 spiro atoms. The van der Waals surface area contributed by atoms with Gasteiger partial charge in [-0.25, -0.2) is 8.78 Å². The van der Waals surface area contributed by atoms with Gasteiger partial charge in [0.2, 0.25) is 0 Å². The normalized spacial score (nSPS) is 38.4. The van der Waals surface area contributed by atoms with Gasteiger partial charge in [-0.2, -0.15) is 0 Å². The molecule has 0 saturated heterocycles. The maximum atomic E-state index is 13.3. The Bertz CT molecular complexity index is 140. The van der Waals surface area contributed by atoms with Gasteiger partial charge >= 0.3 is 0 Å². The number of alkyl halides is 2. The summed E-state index contributed by atoms with van der Waals surface area (Å²) in [6.07, 6.45) is 2.42. The Morgan fingerprint density at radius 1 is 1.40 bits per heavy atom. The van der Waals surface area contributed by atoms with Gasteiger partial charge in [-0.1, -0.05) is 0 Å². The van der Waals surface area contributed by atoms with Crippen LogP contribution in [0, 0.1) is 5.92 Å². The summed E-state index contributed by atoms with van der Waals surface area (Å²) in [5.74, 6) is 0.554. The Morgan fingerprint density at radius 3 is 2.20 bits per heavy atom. The highest BCUT2D eigenvalue weighted by molar-refractivity contribution is 5.22. The van der Waals surface area contributed by atoms with E-state index in [1.165, 1.54) is 0 Å². The minimum Gasteiger partial charge on any atom is -0.247 e. The summed E-state index contributed by atoms with van der Waals surface area (Å²) in [7, 11) is 0. The molecule has 0 aromatic carbocycles. The van der Waals surface area contributed by atoms with Crippen LogP contribution in [-0.4, -0.2) is 11.8 Å². The standard InChI is InChI=1S/C8H11F2/c9-7-3-2-6(7)8(10)4-1-5-8/h7H,1-5H2. The molecule has 0 N–H and O–H groups in total. The van der Waals surface area contributed by atoms with Crippen molar-refractivity contribution in [2.24, 2.45) is 0 Å². The van der Waals surface area contributed by atoms with Gasteiger partial charge in [-0.3, -0.25) is 0 Å². The number of rotatable bonds is 1. The highest BCUT2D eigenvalue weighted by atomic mass is 19.2. The van der Waals surface area contributed by atoms with E-state index in [1.807, 2.05) is 0 Å². The van der Waals surface area contributed by atoms with E-state index in [1.54, 1.807) is 0 Å². The average Bonchev–Trinajstić information content (AvgIpc) is 1.81. The zero-order valence-corrected chi connectivity index (χ0v) is 5.87. The first-order valence-corrected chi connectivity index (χ1v) is 3.91. The molecule has 10 heavy (non-hydrogen) atoms. The summed E-state index contributed by atoms with van der Waals surface area (Å²) in [4.78, 5) is 0. The Hall–Kier alpha value is -0.140. The second-order valence-corrected chi connectivity index (χ2v) is 3.35. The van der Waals surface area contributed by atoms with Crippen LogP contribution < -0.4 is 0 Å². The van der Waals surface area contributed by atoms with Crippen LogP contribution >= 0.6 is 0 Å². The Kier molecular flexibility index (Phi) is 1.26. The fourth-order valence-electron chi connectivity index (χ4n) is 1.71. The highest BCUT2D eigenvalue weighted by Gasteiger charge is 2.52. The van der Waals surface area contributed by atoms with Crippen molar-refractivity contribution in [1.29, 1.82) is 0 Å². The molecule has 0 nitrogen and oxygen atoms in total. The van der Waals surface area contributed by atoms with Gasteiger partial charge < -0.3 is 0 Å². The Labute approximate surface area is 59.6 Å². The Morgan fingerprint density at radius 2 is 2.10 bits per heavy atom. The third-order valence-corrected chi connectivity index (χ3v) is 2.77. The molecule has 0 aliphatic heterocycles. The van der Waals surface area contributed by atoms with E-state index in [0.29, 0.717) is 31.6 Å². The molecular weight excluding hydrogens is 134 g/mol. The Balaban J connectivity index is 1.97. The van der Waals surface area contributed by atoms with Crippen LogP contribution in [0.15, 0.2) is 0 Å². The van der Waals surface area contributed by atoms with Crippen molar-refractivity contribution in [3.8, 4) is 0 Å². The number of halogens is 2. The fourth-order valence-corrected chi connectivity index (χ4v) is 1.71. The molecule has 0 amide bonds. The van der Waals surface area contributed by atoms with Gasteiger partial charge in [0.05, 0.1) is 0 Å². The summed E-state index contributed by atoms with van der Waals surface area (Å²) in [6.45, 7) is 0. The van der Waals surface area contributed by atoms with E-state index in [0.717, 1.165) is 6.42 Å². The van der Waals surface area contributed by atoms with Crippen molar-refractivity contribution < 1.29 is 8.78 Å². The zero-order valence-electron chi connectivity index (χ0n) is 5.87. The van der Waals surface area contributed by atoms with Gasteiger partial charge in [-0.05, 0) is 32.1 Å². The molecule has 0 heterocycles. The van der Waals surface area contributed by atoms with Crippen molar-refractivity contribution in [3.63, 3.8) is 0 Å². The van der Waals surface area contributed by atoms with Gasteiger partial charge in [0, 0.05) is 5.92 Å². The summed E-state index contributed by atoms with van der Waals surface area (Å²) >= 11 is 0. The molecule has 57 valence electrons. The highest BCUT2D eigenvalue weighted by Crippen LogP contribution is 2.52. The molecule has 2 fully saturated rings. The predicted octanol–water partition coefficient (Wildman–Crippen LogP) is 2.58. The van der Waals surface area contributed by atoms with Crippen molar-refractivity contribution in [2.75, 3.05) is 0 Å². The molecule has 0 aromatic heterocycles. The summed E-state index contributed by atoms with van der Waals surface area (Å²) in [5.41, 5.74) is -1.17. The lowest BCUT2D eigenvalue weighted by Crippen LogP contribution is -2.47. The van der Waals surface area contributed by atoms with Gasteiger partial charge in [0.25, 0.3) is 0 Å². The fraction of sp³-hybridized carbons (Fsp3) is 0.875. The second-order valence-electron chi connectivity index (χ2n) is 3.35. The minimum atomic E-state index is -1.17. The molecule has 1 unspecified atom stereocenters. The predicted molar refractivity (Wildman–Crippen MR) is 35.1 cm³/mol. The lowest BCUT2D eigenvalue weighted by molar-refractivity contribution is 0.0205. The topological polar surface area (TPSA) is 0 Å². The molecule has 0 bridgehead atoms. The molecule has 2 aliphatic rings. The van der Waals surface area contributed by atoms with Crippen LogP contribution in [0.25, 0.3) is 0 Å². The molecular formula is C8H11F2.